The summed E-state index contributed by atoms with van der Waals surface area (Å²) in [5.41, 5.74) is 1.94. The summed E-state index contributed by atoms with van der Waals surface area (Å²) >= 11 is 0. The van der Waals surface area contributed by atoms with E-state index in [1.807, 2.05) is 19.2 Å². The van der Waals surface area contributed by atoms with Crippen LogP contribution in [0.15, 0.2) is 30.5 Å². The van der Waals surface area contributed by atoms with Gasteiger partial charge in [-0.2, -0.15) is 5.10 Å². The maximum atomic E-state index is 12.2. The largest absolute Gasteiger partial charge is 0.508 e. The molecule has 0 bridgehead atoms. The van der Waals surface area contributed by atoms with Gasteiger partial charge in [0, 0.05) is 18.3 Å². The van der Waals surface area contributed by atoms with Gasteiger partial charge in [0.05, 0.1) is 6.54 Å². The third-order valence-electron chi connectivity index (χ3n) is 2.63. The van der Waals surface area contributed by atoms with E-state index in [2.05, 4.69) is 10.4 Å². The van der Waals surface area contributed by atoms with Crippen LogP contribution in [0.25, 0.3) is 0 Å². The molecule has 0 atom stereocenters. The standard InChI is InChI=1S/C13H16FN3O/c1-10-9-17(6-5-14)16-13(10)15-8-11-3-2-4-12(18)7-11/h2-4,7,9,18H,5-6,8H2,1H3,(H,15,16). The molecule has 2 N–H and O–H groups in total. The summed E-state index contributed by atoms with van der Waals surface area (Å²) in [6, 6.07) is 7.03. The SMILES string of the molecule is Cc1cn(CCF)nc1NCc1cccc(O)c1. The van der Waals surface area contributed by atoms with Gasteiger partial charge in [0.15, 0.2) is 5.82 Å². The van der Waals surface area contributed by atoms with Crippen LogP contribution in [0.4, 0.5) is 10.2 Å². The van der Waals surface area contributed by atoms with Crippen LogP contribution in [0.5, 0.6) is 5.75 Å². The van der Waals surface area contributed by atoms with Gasteiger partial charge >= 0.3 is 0 Å². The summed E-state index contributed by atoms with van der Waals surface area (Å²) in [6.45, 7) is 2.34. The van der Waals surface area contributed by atoms with Crippen LogP contribution in [-0.2, 0) is 13.1 Å². The van der Waals surface area contributed by atoms with E-state index in [-0.39, 0.29) is 12.3 Å². The van der Waals surface area contributed by atoms with Gasteiger partial charge < -0.3 is 10.4 Å². The predicted molar refractivity (Wildman–Crippen MR) is 68.4 cm³/mol. The first-order valence-electron chi connectivity index (χ1n) is 5.81. The van der Waals surface area contributed by atoms with Gasteiger partial charge in [-0.25, -0.2) is 4.39 Å². The molecule has 1 aromatic carbocycles. The first-order chi connectivity index (χ1) is 8.69. The van der Waals surface area contributed by atoms with Crippen molar-refractivity contribution >= 4 is 5.82 Å². The quantitative estimate of drug-likeness (QED) is 0.856. The number of rotatable bonds is 5. The van der Waals surface area contributed by atoms with Crippen LogP contribution >= 0.6 is 0 Å². The Morgan fingerprint density at radius 2 is 2.28 bits per heavy atom. The van der Waals surface area contributed by atoms with E-state index in [1.54, 1.807) is 22.9 Å². The van der Waals surface area contributed by atoms with Crippen molar-refractivity contribution < 1.29 is 9.50 Å². The summed E-state index contributed by atoms with van der Waals surface area (Å²) in [7, 11) is 0. The van der Waals surface area contributed by atoms with Crippen LogP contribution in [-0.4, -0.2) is 21.6 Å². The number of anilines is 1. The molecule has 4 nitrogen and oxygen atoms in total. The highest BCUT2D eigenvalue weighted by atomic mass is 19.1. The smallest absolute Gasteiger partial charge is 0.151 e. The van der Waals surface area contributed by atoms with Crippen LogP contribution in [0.3, 0.4) is 0 Å². The summed E-state index contributed by atoms with van der Waals surface area (Å²) in [5, 5.41) is 16.8. The van der Waals surface area contributed by atoms with Crippen LogP contribution in [0.1, 0.15) is 11.1 Å². The molecule has 1 heterocycles. The molecule has 0 saturated carbocycles. The third-order valence-corrected chi connectivity index (χ3v) is 2.63. The zero-order chi connectivity index (χ0) is 13.0. The summed E-state index contributed by atoms with van der Waals surface area (Å²) in [4.78, 5) is 0. The second-order valence-electron chi connectivity index (χ2n) is 4.14. The van der Waals surface area contributed by atoms with Gasteiger partial charge in [-0.15, -0.1) is 0 Å². The number of halogens is 1. The fourth-order valence-electron chi connectivity index (χ4n) is 1.75. The van der Waals surface area contributed by atoms with Crippen molar-refractivity contribution in [3.05, 3.63) is 41.6 Å². The number of nitrogens with zero attached hydrogens (tertiary/aromatic N) is 2. The molecule has 18 heavy (non-hydrogen) atoms. The topological polar surface area (TPSA) is 50.1 Å². The van der Waals surface area contributed by atoms with Gasteiger partial charge in [0.1, 0.15) is 12.4 Å². The van der Waals surface area contributed by atoms with E-state index in [4.69, 9.17) is 0 Å². The van der Waals surface area contributed by atoms with Gasteiger partial charge in [-0.3, -0.25) is 4.68 Å². The van der Waals surface area contributed by atoms with Gasteiger partial charge in [-0.1, -0.05) is 12.1 Å². The maximum Gasteiger partial charge on any atom is 0.151 e. The lowest BCUT2D eigenvalue weighted by Gasteiger charge is -2.04. The molecule has 5 heteroatoms. The average molecular weight is 249 g/mol. The lowest BCUT2D eigenvalue weighted by molar-refractivity contribution is 0.427. The van der Waals surface area contributed by atoms with Crippen molar-refractivity contribution in [1.82, 2.24) is 9.78 Å². The van der Waals surface area contributed by atoms with Gasteiger partial charge in [0.25, 0.3) is 0 Å². The highest BCUT2D eigenvalue weighted by Crippen LogP contribution is 2.15. The summed E-state index contributed by atoms with van der Waals surface area (Å²) in [6.07, 6.45) is 1.81. The lowest BCUT2D eigenvalue weighted by atomic mass is 10.2. The first kappa shape index (κ1) is 12.4. The molecule has 96 valence electrons. The third kappa shape index (κ3) is 3.00. The monoisotopic (exact) mass is 249 g/mol. The maximum absolute atomic E-state index is 12.2. The molecular weight excluding hydrogens is 233 g/mol. The minimum atomic E-state index is -0.423. The Morgan fingerprint density at radius 1 is 1.44 bits per heavy atom. The molecule has 0 saturated heterocycles. The zero-order valence-corrected chi connectivity index (χ0v) is 10.2. The zero-order valence-electron chi connectivity index (χ0n) is 10.2. The second kappa shape index (κ2) is 5.53. The van der Waals surface area contributed by atoms with Crippen LogP contribution in [0.2, 0.25) is 0 Å². The van der Waals surface area contributed by atoms with E-state index < -0.39 is 6.67 Å². The molecule has 0 aliphatic carbocycles. The highest BCUT2D eigenvalue weighted by Gasteiger charge is 2.04. The molecule has 0 radical (unpaired) electrons. The number of phenolic OH excluding ortho intramolecular Hbond substituents is 1. The first-order valence-corrected chi connectivity index (χ1v) is 5.81. The summed E-state index contributed by atoms with van der Waals surface area (Å²) in [5.74, 6) is 0.987. The molecule has 0 aliphatic rings. The molecule has 2 rings (SSSR count). The number of alkyl halides is 1. The molecule has 0 unspecified atom stereocenters. The van der Waals surface area contributed by atoms with Crippen molar-refractivity contribution in [2.24, 2.45) is 0 Å². The van der Waals surface area contributed by atoms with Crippen molar-refractivity contribution in [3.8, 4) is 5.75 Å². The molecule has 0 fully saturated rings. The highest BCUT2D eigenvalue weighted by molar-refractivity contribution is 5.43. The Bertz CT molecular complexity index is 525. The fraction of sp³-hybridized carbons (Fsp3) is 0.308. The Hall–Kier alpha value is -2.04. The van der Waals surface area contributed by atoms with Gasteiger partial charge in [-0.05, 0) is 24.6 Å². The van der Waals surface area contributed by atoms with Crippen molar-refractivity contribution in [2.75, 3.05) is 12.0 Å². The van der Waals surface area contributed by atoms with E-state index in [9.17, 15) is 9.50 Å². The number of aromatic nitrogens is 2. The van der Waals surface area contributed by atoms with E-state index in [0.29, 0.717) is 6.54 Å². The molecule has 2 aromatic rings. The lowest BCUT2D eigenvalue weighted by Crippen LogP contribution is -2.03. The second-order valence-corrected chi connectivity index (χ2v) is 4.14. The number of benzene rings is 1. The van der Waals surface area contributed by atoms with Crippen LogP contribution < -0.4 is 5.32 Å². The van der Waals surface area contributed by atoms with Crippen molar-refractivity contribution in [3.63, 3.8) is 0 Å². The predicted octanol–water partition coefficient (Wildman–Crippen LogP) is 2.48. The van der Waals surface area contributed by atoms with Crippen molar-refractivity contribution in [1.29, 1.82) is 0 Å². The van der Waals surface area contributed by atoms with Crippen molar-refractivity contribution in [2.45, 2.75) is 20.0 Å². The minimum Gasteiger partial charge on any atom is -0.508 e. The molecule has 0 amide bonds. The molecule has 0 aliphatic heterocycles. The normalized spacial score (nSPS) is 10.6. The Kier molecular flexibility index (Phi) is 3.82. The Labute approximate surface area is 105 Å². The number of aromatic hydroxyl groups is 1. The summed E-state index contributed by atoms with van der Waals surface area (Å²) < 4.78 is 13.8. The van der Waals surface area contributed by atoms with Crippen LogP contribution in [0, 0.1) is 6.92 Å². The Morgan fingerprint density at radius 3 is 3.00 bits per heavy atom. The number of phenols is 1. The molecule has 1 aromatic heterocycles. The minimum absolute atomic E-state index is 0.244. The number of nitrogens with one attached hydrogen (secondary N) is 1. The number of aryl methyl sites for hydroxylation is 2. The van der Waals surface area contributed by atoms with E-state index in [0.717, 1.165) is 16.9 Å². The number of hydrogen-bond donors (Lipinski definition) is 2. The average Bonchev–Trinajstić information content (AvgIpc) is 2.68. The van der Waals surface area contributed by atoms with E-state index in [1.165, 1.54) is 0 Å². The molecular formula is C13H16FN3O. The Balaban J connectivity index is 2.01. The number of hydrogen-bond acceptors (Lipinski definition) is 3. The van der Waals surface area contributed by atoms with Gasteiger partial charge in [0.2, 0.25) is 0 Å². The molecule has 0 spiro atoms. The fourth-order valence-corrected chi connectivity index (χ4v) is 1.75. The van der Waals surface area contributed by atoms with E-state index >= 15 is 0 Å².